The molecule has 0 unspecified atom stereocenters. The number of benzene rings is 1. The fourth-order valence-electron chi connectivity index (χ4n) is 2.21. The maximum Gasteiger partial charge on any atom is 0.206 e. The molecule has 3 rings (SSSR count). The molecule has 0 amide bonds. The zero-order valence-corrected chi connectivity index (χ0v) is 11.3. The molecule has 0 saturated carbocycles. The zero-order chi connectivity index (χ0) is 12.7. The molecule has 0 fully saturated rings. The van der Waals surface area contributed by atoms with Gasteiger partial charge in [-0.2, -0.15) is 0 Å². The second-order valence-electron chi connectivity index (χ2n) is 4.57. The highest BCUT2D eigenvalue weighted by molar-refractivity contribution is 7.14. The van der Waals surface area contributed by atoms with Gasteiger partial charge in [0.2, 0.25) is 5.78 Å². The minimum Gasteiger partial charge on any atom is -0.492 e. The Morgan fingerprint density at radius 2 is 2.17 bits per heavy atom. The van der Waals surface area contributed by atoms with E-state index in [4.69, 9.17) is 4.74 Å². The third kappa shape index (κ3) is 1.75. The predicted molar refractivity (Wildman–Crippen MR) is 72.9 cm³/mol. The summed E-state index contributed by atoms with van der Waals surface area (Å²) in [5.41, 5.74) is 3.02. The van der Waals surface area contributed by atoms with Gasteiger partial charge in [0.15, 0.2) is 0 Å². The Balaban J connectivity index is 2.05. The maximum atomic E-state index is 12.5. The van der Waals surface area contributed by atoms with Crippen LogP contribution in [0.25, 0.3) is 0 Å². The van der Waals surface area contributed by atoms with Crippen molar-refractivity contribution in [2.45, 2.75) is 20.3 Å². The molecule has 1 aromatic carbocycles. The third-order valence-electron chi connectivity index (χ3n) is 3.35. The summed E-state index contributed by atoms with van der Waals surface area (Å²) in [6.45, 7) is 4.76. The standard InChI is InChI=1S/C15H14O2S/c1-9-8-13(18-10(9)2)14(16)12-5-3-4-11-6-7-17-15(11)12/h3-5,8H,6-7H2,1-2H3. The van der Waals surface area contributed by atoms with Gasteiger partial charge in [-0.25, -0.2) is 0 Å². The van der Waals surface area contributed by atoms with E-state index in [1.165, 1.54) is 10.4 Å². The van der Waals surface area contributed by atoms with Crippen LogP contribution in [0.5, 0.6) is 5.75 Å². The van der Waals surface area contributed by atoms with Crippen LogP contribution < -0.4 is 4.74 Å². The Kier molecular flexibility index (Phi) is 2.71. The fourth-order valence-corrected chi connectivity index (χ4v) is 3.20. The molecular formula is C15H14O2S. The molecule has 1 aliphatic rings. The van der Waals surface area contributed by atoms with Gasteiger partial charge in [-0.15, -0.1) is 11.3 Å². The van der Waals surface area contributed by atoms with Crippen molar-refractivity contribution in [2.24, 2.45) is 0 Å². The largest absolute Gasteiger partial charge is 0.492 e. The van der Waals surface area contributed by atoms with Gasteiger partial charge in [-0.3, -0.25) is 4.79 Å². The molecule has 18 heavy (non-hydrogen) atoms. The molecule has 0 atom stereocenters. The van der Waals surface area contributed by atoms with E-state index in [9.17, 15) is 4.79 Å². The number of aryl methyl sites for hydroxylation is 2. The van der Waals surface area contributed by atoms with Crippen LogP contribution in [0.1, 0.15) is 31.2 Å². The van der Waals surface area contributed by atoms with E-state index in [1.807, 2.05) is 38.1 Å². The summed E-state index contributed by atoms with van der Waals surface area (Å²) < 4.78 is 5.59. The highest BCUT2D eigenvalue weighted by Crippen LogP contribution is 2.32. The molecule has 0 aliphatic carbocycles. The SMILES string of the molecule is Cc1cc(C(=O)c2cccc3c2OCC3)sc1C. The van der Waals surface area contributed by atoms with Crippen molar-refractivity contribution in [3.8, 4) is 5.75 Å². The van der Waals surface area contributed by atoms with Crippen molar-refractivity contribution in [3.05, 3.63) is 50.7 Å². The van der Waals surface area contributed by atoms with Crippen LogP contribution in [-0.4, -0.2) is 12.4 Å². The molecule has 2 heterocycles. The van der Waals surface area contributed by atoms with Crippen molar-refractivity contribution >= 4 is 17.1 Å². The predicted octanol–water partition coefficient (Wildman–Crippen LogP) is 3.53. The van der Waals surface area contributed by atoms with Crippen molar-refractivity contribution in [2.75, 3.05) is 6.61 Å². The average molecular weight is 258 g/mol. The molecule has 0 bridgehead atoms. The van der Waals surface area contributed by atoms with Gasteiger partial charge >= 0.3 is 0 Å². The van der Waals surface area contributed by atoms with Crippen LogP contribution in [0.3, 0.4) is 0 Å². The van der Waals surface area contributed by atoms with Gasteiger partial charge in [0, 0.05) is 11.3 Å². The lowest BCUT2D eigenvalue weighted by Crippen LogP contribution is -2.01. The molecule has 2 nitrogen and oxygen atoms in total. The summed E-state index contributed by atoms with van der Waals surface area (Å²) >= 11 is 1.56. The van der Waals surface area contributed by atoms with Crippen LogP contribution in [-0.2, 0) is 6.42 Å². The summed E-state index contributed by atoms with van der Waals surface area (Å²) in [5, 5.41) is 0. The number of rotatable bonds is 2. The summed E-state index contributed by atoms with van der Waals surface area (Å²) in [7, 11) is 0. The first-order valence-electron chi connectivity index (χ1n) is 6.03. The number of ether oxygens (including phenoxy) is 1. The smallest absolute Gasteiger partial charge is 0.206 e. The number of thiophene rings is 1. The van der Waals surface area contributed by atoms with E-state index in [2.05, 4.69) is 0 Å². The summed E-state index contributed by atoms with van der Waals surface area (Å²) in [5.74, 6) is 0.862. The van der Waals surface area contributed by atoms with Gasteiger partial charge in [0.25, 0.3) is 0 Å². The Morgan fingerprint density at radius 3 is 2.89 bits per heavy atom. The number of ketones is 1. The Labute approximate surface area is 110 Å². The van der Waals surface area contributed by atoms with E-state index >= 15 is 0 Å². The topological polar surface area (TPSA) is 26.3 Å². The maximum absolute atomic E-state index is 12.5. The monoisotopic (exact) mass is 258 g/mol. The third-order valence-corrected chi connectivity index (χ3v) is 4.50. The van der Waals surface area contributed by atoms with Gasteiger partial charge < -0.3 is 4.74 Å². The van der Waals surface area contributed by atoms with Crippen molar-refractivity contribution in [3.63, 3.8) is 0 Å². The number of para-hydroxylation sites is 1. The number of hydrogen-bond donors (Lipinski definition) is 0. The molecule has 1 aliphatic heterocycles. The first-order chi connectivity index (χ1) is 8.66. The summed E-state index contributed by atoms with van der Waals surface area (Å²) in [4.78, 5) is 14.5. The number of fused-ring (bicyclic) bond motifs is 1. The first-order valence-corrected chi connectivity index (χ1v) is 6.85. The number of hydrogen-bond acceptors (Lipinski definition) is 3. The van der Waals surface area contributed by atoms with Crippen LogP contribution in [0, 0.1) is 13.8 Å². The molecule has 1 aromatic heterocycles. The highest BCUT2D eigenvalue weighted by Gasteiger charge is 2.22. The van der Waals surface area contributed by atoms with E-state index in [0.717, 1.165) is 22.6 Å². The average Bonchev–Trinajstić information content (AvgIpc) is 2.95. The van der Waals surface area contributed by atoms with Gasteiger partial charge in [-0.1, -0.05) is 12.1 Å². The Bertz CT molecular complexity index is 606. The Morgan fingerprint density at radius 1 is 1.33 bits per heavy atom. The first kappa shape index (κ1) is 11.5. The lowest BCUT2D eigenvalue weighted by molar-refractivity contribution is 0.103. The zero-order valence-electron chi connectivity index (χ0n) is 10.4. The molecule has 0 spiro atoms. The van der Waals surface area contributed by atoms with E-state index in [1.54, 1.807) is 11.3 Å². The second-order valence-corrected chi connectivity index (χ2v) is 5.83. The Hall–Kier alpha value is -1.61. The molecule has 0 N–H and O–H groups in total. The minimum atomic E-state index is 0.0787. The second kappa shape index (κ2) is 4.25. The lowest BCUT2D eigenvalue weighted by atomic mass is 10.0. The molecule has 92 valence electrons. The summed E-state index contributed by atoms with van der Waals surface area (Å²) in [6.07, 6.45) is 0.902. The fraction of sp³-hybridized carbons (Fsp3) is 0.267. The molecule has 0 saturated heterocycles. The molecular weight excluding hydrogens is 244 g/mol. The van der Waals surface area contributed by atoms with Crippen molar-refractivity contribution < 1.29 is 9.53 Å². The van der Waals surface area contributed by atoms with Crippen LogP contribution in [0.2, 0.25) is 0 Å². The van der Waals surface area contributed by atoms with E-state index < -0.39 is 0 Å². The highest BCUT2D eigenvalue weighted by atomic mass is 32.1. The lowest BCUT2D eigenvalue weighted by Gasteiger charge is -2.05. The van der Waals surface area contributed by atoms with Gasteiger partial charge in [0.1, 0.15) is 5.75 Å². The minimum absolute atomic E-state index is 0.0787. The van der Waals surface area contributed by atoms with Crippen LogP contribution in [0.4, 0.5) is 0 Å². The van der Waals surface area contributed by atoms with Crippen LogP contribution in [0.15, 0.2) is 24.3 Å². The van der Waals surface area contributed by atoms with Gasteiger partial charge in [-0.05, 0) is 37.1 Å². The quantitative estimate of drug-likeness (QED) is 0.770. The van der Waals surface area contributed by atoms with Crippen molar-refractivity contribution in [1.82, 2.24) is 0 Å². The molecule has 2 aromatic rings. The molecule has 3 heteroatoms. The normalized spacial score (nSPS) is 13.2. The van der Waals surface area contributed by atoms with Crippen molar-refractivity contribution in [1.29, 1.82) is 0 Å². The molecule has 0 radical (unpaired) electrons. The van der Waals surface area contributed by atoms with E-state index in [-0.39, 0.29) is 5.78 Å². The number of carbonyl (C=O) groups is 1. The van der Waals surface area contributed by atoms with Crippen LogP contribution >= 0.6 is 11.3 Å². The van der Waals surface area contributed by atoms with Gasteiger partial charge in [0.05, 0.1) is 17.0 Å². The number of carbonyl (C=O) groups excluding carboxylic acids is 1. The summed E-state index contributed by atoms with van der Waals surface area (Å²) in [6, 6.07) is 7.80. The van der Waals surface area contributed by atoms with E-state index in [0.29, 0.717) is 12.2 Å².